The number of esters is 1. The molecule has 0 bridgehead atoms. The number of carbonyl (C=O) groups is 1. The third kappa shape index (κ3) is 3.08. The molecule has 192 valence electrons. The van der Waals surface area contributed by atoms with Crippen LogP contribution in [0.5, 0.6) is 0 Å². The molecule has 4 saturated carbocycles. The van der Waals surface area contributed by atoms with Crippen LogP contribution in [0, 0.1) is 56.7 Å². The normalized spacial score (nSPS) is 51.6. The zero-order valence-corrected chi connectivity index (χ0v) is 23.7. The largest absolute Gasteiger partial charge is 0.462 e. The van der Waals surface area contributed by atoms with Gasteiger partial charge in [0, 0.05) is 12.3 Å². The highest BCUT2D eigenvalue weighted by atomic mass is 16.5. The first-order valence-corrected chi connectivity index (χ1v) is 14.6. The molecule has 0 aliphatic heterocycles. The van der Waals surface area contributed by atoms with Crippen molar-refractivity contribution < 1.29 is 9.53 Å². The summed E-state index contributed by atoms with van der Waals surface area (Å²) in [6, 6.07) is 0. The molecule has 0 N–H and O–H groups in total. The SMILES string of the molecule is CC(=O)O[C@H]1CC[C@]2(C)[C@@H]3CC[C@@]4(C)[C@@H]5[C@H](C(C)C)CC[C@]5(C)CC[C@]4(C)C3=CC[C@H]2C1(C)C. The average Bonchev–Trinajstić information content (AvgIpc) is 3.10. The van der Waals surface area contributed by atoms with Gasteiger partial charge < -0.3 is 4.74 Å². The maximum atomic E-state index is 11.9. The van der Waals surface area contributed by atoms with Crippen molar-refractivity contribution in [3.05, 3.63) is 11.6 Å². The Morgan fingerprint density at radius 2 is 1.65 bits per heavy atom. The van der Waals surface area contributed by atoms with E-state index in [9.17, 15) is 4.79 Å². The van der Waals surface area contributed by atoms with E-state index in [1.165, 1.54) is 44.9 Å². The molecule has 5 aliphatic rings. The van der Waals surface area contributed by atoms with E-state index in [0.29, 0.717) is 33.5 Å². The van der Waals surface area contributed by atoms with E-state index in [-0.39, 0.29) is 17.5 Å². The van der Waals surface area contributed by atoms with Gasteiger partial charge in [-0.2, -0.15) is 0 Å². The minimum Gasteiger partial charge on any atom is -0.462 e. The van der Waals surface area contributed by atoms with Crippen molar-refractivity contribution in [2.45, 2.75) is 126 Å². The van der Waals surface area contributed by atoms with E-state index >= 15 is 0 Å². The highest BCUT2D eigenvalue weighted by Crippen LogP contribution is 2.76. The summed E-state index contributed by atoms with van der Waals surface area (Å²) in [5.74, 6) is 3.72. The van der Waals surface area contributed by atoms with E-state index in [1.807, 2.05) is 5.57 Å². The molecular formula is C32H52O2. The lowest BCUT2D eigenvalue weighted by atomic mass is 9.35. The Morgan fingerprint density at radius 1 is 0.941 bits per heavy atom. The van der Waals surface area contributed by atoms with Crippen LogP contribution in [0.4, 0.5) is 0 Å². The Bertz CT molecular complexity index is 883. The fraction of sp³-hybridized carbons (Fsp3) is 0.906. The summed E-state index contributed by atoms with van der Waals surface area (Å²) in [6.45, 7) is 22.0. The van der Waals surface area contributed by atoms with Crippen LogP contribution >= 0.6 is 0 Å². The highest BCUT2D eigenvalue weighted by molar-refractivity contribution is 5.66. The smallest absolute Gasteiger partial charge is 0.302 e. The quantitative estimate of drug-likeness (QED) is 0.299. The Labute approximate surface area is 210 Å². The number of fused-ring (bicyclic) bond motifs is 7. The molecule has 4 fully saturated rings. The first-order chi connectivity index (χ1) is 15.7. The van der Waals surface area contributed by atoms with Gasteiger partial charge in [-0.15, -0.1) is 0 Å². The molecule has 0 heterocycles. The van der Waals surface area contributed by atoms with Crippen LogP contribution in [0.3, 0.4) is 0 Å². The fourth-order valence-electron chi connectivity index (χ4n) is 11.4. The summed E-state index contributed by atoms with van der Waals surface area (Å²) in [7, 11) is 0. The molecular weight excluding hydrogens is 416 g/mol. The van der Waals surface area contributed by atoms with Gasteiger partial charge in [-0.25, -0.2) is 0 Å². The second-order valence-corrected chi connectivity index (χ2v) is 15.3. The van der Waals surface area contributed by atoms with Crippen molar-refractivity contribution in [2.75, 3.05) is 0 Å². The van der Waals surface area contributed by atoms with Crippen LogP contribution in [0.2, 0.25) is 0 Å². The lowest BCUT2D eigenvalue weighted by Gasteiger charge is -2.69. The molecule has 2 heteroatoms. The molecule has 0 aromatic heterocycles. The fourth-order valence-corrected chi connectivity index (χ4v) is 11.4. The first-order valence-electron chi connectivity index (χ1n) is 14.6. The monoisotopic (exact) mass is 468 g/mol. The number of hydrogen-bond acceptors (Lipinski definition) is 2. The molecule has 0 unspecified atom stereocenters. The molecule has 2 nitrogen and oxygen atoms in total. The van der Waals surface area contributed by atoms with E-state index in [2.05, 4.69) is 61.5 Å². The first kappa shape index (κ1) is 24.9. The van der Waals surface area contributed by atoms with Gasteiger partial charge in [0.05, 0.1) is 0 Å². The zero-order valence-electron chi connectivity index (χ0n) is 23.7. The molecule has 0 aromatic carbocycles. The van der Waals surface area contributed by atoms with Gasteiger partial charge in [-0.3, -0.25) is 4.79 Å². The minimum atomic E-state index is -0.115. The maximum absolute atomic E-state index is 11.9. The molecule has 0 radical (unpaired) electrons. The van der Waals surface area contributed by atoms with Gasteiger partial charge in [0.15, 0.2) is 0 Å². The molecule has 0 saturated heterocycles. The lowest BCUT2D eigenvalue weighted by Crippen LogP contribution is -2.62. The summed E-state index contributed by atoms with van der Waals surface area (Å²) in [6.07, 6.45) is 14.6. The second kappa shape index (κ2) is 7.61. The molecule has 5 aliphatic carbocycles. The molecule has 5 rings (SSSR count). The van der Waals surface area contributed by atoms with Gasteiger partial charge in [-0.1, -0.05) is 67.0 Å². The van der Waals surface area contributed by atoms with Crippen molar-refractivity contribution in [2.24, 2.45) is 56.7 Å². The van der Waals surface area contributed by atoms with Crippen molar-refractivity contribution in [3.8, 4) is 0 Å². The summed E-state index contributed by atoms with van der Waals surface area (Å²) in [5.41, 5.74) is 3.49. The number of carbonyl (C=O) groups excluding carboxylic acids is 1. The molecule has 0 spiro atoms. The maximum Gasteiger partial charge on any atom is 0.302 e. The standard InChI is InChI=1S/C32H52O2/c1-20(2)22-12-15-29(6)18-19-31(8)24-10-11-25-28(4,5)26(34-21(3)33)14-16-30(25,7)23(24)13-17-32(31,9)27(22)29/h10,20,22-23,25-27H,11-19H2,1-9H3/t22-,23+,25-,26-,27+,29+,30+,31+,32-/m0/s1. The number of rotatable bonds is 2. The van der Waals surface area contributed by atoms with E-state index in [0.717, 1.165) is 30.6 Å². The summed E-state index contributed by atoms with van der Waals surface area (Å²) in [4.78, 5) is 11.9. The molecule has 0 amide bonds. The van der Waals surface area contributed by atoms with Gasteiger partial charge in [0.25, 0.3) is 0 Å². The molecule has 34 heavy (non-hydrogen) atoms. The number of ether oxygens (including phenoxy) is 1. The van der Waals surface area contributed by atoms with Crippen LogP contribution in [0.25, 0.3) is 0 Å². The van der Waals surface area contributed by atoms with Gasteiger partial charge in [0.2, 0.25) is 0 Å². The Morgan fingerprint density at radius 3 is 2.29 bits per heavy atom. The molecule has 0 aromatic rings. The Hall–Kier alpha value is -0.790. The van der Waals surface area contributed by atoms with Crippen LogP contribution in [-0.4, -0.2) is 12.1 Å². The summed E-state index contributed by atoms with van der Waals surface area (Å²) < 4.78 is 5.89. The predicted octanol–water partition coefficient (Wildman–Crippen LogP) is 8.60. The third-order valence-electron chi connectivity index (χ3n) is 13.3. The average molecular weight is 469 g/mol. The zero-order chi connectivity index (χ0) is 24.9. The molecule has 9 atom stereocenters. The second-order valence-electron chi connectivity index (χ2n) is 15.3. The topological polar surface area (TPSA) is 26.3 Å². The predicted molar refractivity (Wildman–Crippen MR) is 140 cm³/mol. The van der Waals surface area contributed by atoms with Crippen LogP contribution in [-0.2, 0) is 9.53 Å². The van der Waals surface area contributed by atoms with Crippen LogP contribution in [0.1, 0.15) is 120 Å². The summed E-state index contributed by atoms with van der Waals surface area (Å²) in [5, 5.41) is 0. The number of hydrogen-bond donors (Lipinski definition) is 0. The van der Waals surface area contributed by atoms with Crippen molar-refractivity contribution in [1.82, 2.24) is 0 Å². The Balaban J connectivity index is 1.54. The van der Waals surface area contributed by atoms with E-state index in [1.54, 1.807) is 6.92 Å². The summed E-state index contributed by atoms with van der Waals surface area (Å²) >= 11 is 0. The highest BCUT2D eigenvalue weighted by Gasteiger charge is 2.68. The van der Waals surface area contributed by atoms with Crippen molar-refractivity contribution >= 4 is 5.97 Å². The third-order valence-corrected chi connectivity index (χ3v) is 13.3. The van der Waals surface area contributed by atoms with E-state index < -0.39 is 0 Å². The minimum absolute atomic E-state index is 0.0294. The van der Waals surface area contributed by atoms with Crippen molar-refractivity contribution in [3.63, 3.8) is 0 Å². The van der Waals surface area contributed by atoms with Crippen LogP contribution < -0.4 is 0 Å². The van der Waals surface area contributed by atoms with Crippen molar-refractivity contribution in [1.29, 1.82) is 0 Å². The van der Waals surface area contributed by atoms with Gasteiger partial charge in [-0.05, 0) is 109 Å². The van der Waals surface area contributed by atoms with Gasteiger partial charge >= 0.3 is 5.97 Å². The van der Waals surface area contributed by atoms with Crippen LogP contribution in [0.15, 0.2) is 11.6 Å². The lowest BCUT2D eigenvalue weighted by molar-refractivity contribution is -0.181. The van der Waals surface area contributed by atoms with Gasteiger partial charge in [0.1, 0.15) is 6.10 Å². The Kier molecular flexibility index (Phi) is 5.57. The van der Waals surface area contributed by atoms with E-state index in [4.69, 9.17) is 4.74 Å². The number of allylic oxidation sites excluding steroid dienone is 2.